The zero-order chi connectivity index (χ0) is 16.7. The Morgan fingerprint density at radius 1 is 1.17 bits per heavy atom. The summed E-state index contributed by atoms with van der Waals surface area (Å²) in [7, 11) is -3.21. The van der Waals surface area contributed by atoms with Crippen LogP contribution in [0, 0.1) is 0 Å². The molecule has 6 nitrogen and oxygen atoms in total. The van der Waals surface area contributed by atoms with Gasteiger partial charge in [-0.25, -0.2) is 18.4 Å². The van der Waals surface area contributed by atoms with E-state index < -0.39 is 9.84 Å². The number of nitrogens with zero attached hydrogens (tertiary/aromatic N) is 2. The van der Waals surface area contributed by atoms with Crippen LogP contribution in [0.4, 0.5) is 11.5 Å². The molecule has 1 aliphatic rings. The van der Waals surface area contributed by atoms with Gasteiger partial charge < -0.3 is 10.4 Å². The Kier molecular flexibility index (Phi) is 3.47. The summed E-state index contributed by atoms with van der Waals surface area (Å²) in [6.07, 6.45) is 1.92. The van der Waals surface area contributed by atoms with Gasteiger partial charge in [-0.1, -0.05) is 12.1 Å². The Hall–Kier alpha value is -2.51. The molecule has 0 saturated heterocycles. The third kappa shape index (κ3) is 2.42. The molecule has 1 aliphatic heterocycles. The van der Waals surface area contributed by atoms with E-state index in [-0.39, 0.29) is 12.4 Å². The molecular formula is C17H15N3O3S. The quantitative estimate of drug-likeness (QED) is 0.759. The van der Waals surface area contributed by atoms with E-state index in [1.54, 1.807) is 12.1 Å². The number of benzene rings is 2. The number of rotatable bonds is 3. The fourth-order valence-electron chi connectivity index (χ4n) is 3.07. The second-order valence-corrected chi connectivity index (χ2v) is 7.79. The largest absolute Gasteiger partial charge is 0.392 e. The highest BCUT2D eigenvalue weighted by Crippen LogP contribution is 2.35. The Morgan fingerprint density at radius 3 is 2.88 bits per heavy atom. The minimum absolute atomic E-state index is 0.0479. The summed E-state index contributed by atoms with van der Waals surface area (Å²) in [6, 6.07) is 10.7. The van der Waals surface area contributed by atoms with Crippen LogP contribution < -0.4 is 5.32 Å². The first-order valence-electron chi connectivity index (χ1n) is 7.55. The lowest BCUT2D eigenvalue weighted by atomic mass is 10.1. The molecule has 0 bridgehead atoms. The number of sulfone groups is 1. The molecule has 2 heterocycles. The number of nitrogens with one attached hydrogen (secondary N) is 1. The number of fused-ring (bicyclic) bond motifs is 3. The van der Waals surface area contributed by atoms with E-state index in [2.05, 4.69) is 15.3 Å². The Balaban J connectivity index is 1.88. The molecule has 1 aromatic heterocycles. The van der Waals surface area contributed by atoms with Gasteiger partial charge in [-0.15, -0.1) is 0 Å². The highest BCUT2D eigenvalue weighted by Gasteiger charge is 2.29. The molecule has 2 N–H and O–H groups in total. The summed E-state index contributed by atoms with van der Waals surface area (Å²) >= 11 is 0. The van der Waals surface area contributed by atoms with Gasteiger partial charge in [0.15, 0.2) is 9.84 Å². The van der Waals surface area contributed by atoms with Crippen LogP contribution in [0.25, 0.3) is 10.9 Å². The number of aromatic nitrogens is 2. The van der Waals surface area contributed by atoms with Gasteiger partial charge in [0.25, 0.3) is 0 Å². The van der Waals surface area contributed by atoms with Crippen molar-refractivity contribution in [3.63, 3.8) is 0 Å². The fraction of sp³-hybridized carbons (Fsp3) is 0.176. The Labute approximate surface area is 139 Å². The second kappa shape index (κ2) is 5.54. The molecule has 7 heteroatoms. The van der Waals surface area contributed by atoms with Gasteiger partial charge in [-0.2, -0.15) is 0 Å². The normalized spacial score (nSPS) is 15.4. The molecule has 0 radical (unpaired) electrons. The van der Waals surface area contributed by atoms with Crippen LogP contribution in [-0.4, -0.2) is 29.2 Å². The van der Waals surface area contributed by atoms with Crippen LogP contribution >= 0.6 is 0 Å². The lowest BCUT2D eigenvalue weighted by Gasteiger charge is -2.11. The van der Waals surface area contributed by atoms with E-state index in [1.807, 2.05) is 24.3 Å². The van der Waals surface area contributed by atoms with Crippen LogP contribution in [0.5, 0.6) is 0 Å². The van der Waals surface area contributed by atoms with E-state index in [4.69, 9.17) is 0 Å². The maximum absolute atomic E-state index is 12.2. The molecule has 0 aliphatic carbocycles. The average Bonchev–Trinajstić information content (AvgIpc) is 2.90. The summed E-state index contributed by atoms with van der Waals surface area (Å²) < 4.78 is 24.3. The van der Waals surface area contributed by atoms with Crippen molar-refractivity contribution in [2.24, 2.45) is 0 Å². The van der Waals surface area contributed by atoms with Gasteiger partial charge in [-0.3, -0.25) is 0 Å². The molecule has 0 fully saturated rings. The predicted octanol–water partition coefficient (Wildman–Crippen LogP) is 2.20. The molecule has 24 heavy (non-hydrogen) atoms. The average molecular weight is 341 g/mol. The Bertz CT molecular complexity index is 1050. The first-order valence-corrected chi connectivity index (χ1v) is 9.20. The molecule has 0 unspecified atom stereocenters. The zero-order valence-electron chi connectivity index (χ0n) is 12.7. The summed E-state index contributed by atoms with van der Waals surface area (Å²) in [6.45, 7) is -0.0479. The number of aliphatic hydroxyl groups is 1. The first kappa shape index (κ1) is 15.0. The molecule has 0 saturated carbocycles. The van der Waals surface area contributed by atoms with Crippen LogP contribution in [0.15, 0.2) is 47.6 Å². The summed E-state index contributed by atoms with van der Waals surface area (Å²) in [4.78, 5) is 8.93. The topological polar surface area (TPSA) is 92.2 Å². The fourth-order valence-corrected chi connectivity index (χ4v) is 4.61. The number of hydrogen-bond donors (Lipinski definition) is 2. The minimum atomic E-state index is -3.21. The molecule has 122 valence electrons. The zero-order valence-corrected chi connectivity index (χ0v) is 13.5. The van der Waals surface area contributed by atoms with Gasteiger partial charge in [0, 0.05) is 11.1 Å². The van der Waals surface area contributed by atoms with Crippen molar-refractivity contribution in [2.75, 3.05) is 11.1 Å². The minimum Gasteiger partial charge on any atom is -0.392 e. The summed E-state index contributed by atoms with van der Waals surface area (Å²) in [5.41, 5.74) is 3.04. The van der Waals surface area contributed by atoms with E-state index in [0.717, 1.165) is 22.2 Å². The summed E-state index contributed by atoms with van der Waals surface area (Å²) in [5.74, 6) is 0.694. The molecule has 0 spiro atoms. The van der Waals surface area contributed by atoms with Gasteiger partial charge in [0.2, 0.25) is 0 Å². The maximum Gasteiger partial charge on any atom is 0.179 e. The van der Waals surface area contributed by atoms with Gasteiger partial charge in [0.1, 0.15) is 12.1 Å². The molecule has 3 aromatic rings. The smallest absolute Gasteiger partial charge is 0.179 e. The van der Waals surface area contributed by atoms with Gasteiger partial charge in [0.05, 0.1) is 22.8 Å². The monoisotopic (exact) mass is 341 g/mol. The lowest BCUT2D eigenvalue weighted by Crippen LogP contribution is -2.00. The number of anilines is 2. The van der Waals surface area contributed by atoms with E-state index in [9.17, 15) is 13.5 Å². The first-order chi connectivity index (χ1) is 11.6. The van der Waals surface area contributed by atoms with Crippen molar-refractivity contribution in [3.05, 3.63) is 53.9 Å². The second-order valence-electron chi connectivity index (χ2n) is 5.71. The predicted molar refractivity (Wildman–Crippen MR) is 90.9 cm³/mol. The van der Waals surface area contributed by atoms with Crippen LogP contribution in [0.1, 0.15) is 11.1 Å². The number of aryl methyl sites for hydroxylation is 1. The SMILES string of the molecule is O=S1(=O)CCc2c1ccc1ncnc(Nc3cccc(CO)c3)c21. The van der Waals surface area contributed by atoms with Crippen molar-refractivity contribution >= 4 is 32.2 Å². The van der Waals surface area contributed by atoms with Crippen molar-refractivity contribution in [3.8, 4) is 0 Å². The molecule has 2 aromatic carbocycles. The van der Waals surface area contributed by atoms with Crippen LogP contribution in [0.2, 0.25) is 0 Å². The number of aliphatic hydroxyl groups excluding tert-OH is 1. The van der Waals surface area contributed by atoms with Crippen LogP contribution in [0.3, 0.4) is 0 Å². The van der Waals surface area contributed by atoms with E-state index in [1.165, 1.54) is 6.33 Å². The van der Waals surface area contributed by atoms with Crippen molar-refractivity contribution < 1.29 is 13.5 Å². The Morgan fingerprint density at radius 2 is 2.04 bits per heavy atom. The van der Waals surface area contributed by atoms with Crippen LogP contribution in [-0.2, 0) is 22.9 Å². The molecule has 0 amide bonds. The highest BCUT2D eigenvalue weighted by atomic mass is 32.2. The molecule has 0 atom stereocenters. The third-order valence-corrected chi connectivity index (χ3v) is 5.99. The summed E-state index contributed by atoms with van der Waals surface area (Å²) in [5, 5.41) is 13.2. The van der Waals surface area contributed by atoms with E-state index >= 15 is 0 Å². The highest BCUT2D eigenvalue weighted by molar-refractivity contribution is 7.91. The standard InChI is InChI=1S/C17H15N3O3S/c21-9-11-2-1-3-12(8-11)20-17-16-13-6-7-24(22,23)15(13)5-4-14(16)18-10-19-17/h1-5,8,10,21H,6-7,9H2,(H,18,19,20). The third-order valence-electron chi connectivity index (χ3n) is 4.20. The van der Waals surface area contributed by atoms with Crippen molar-refractivity contribution in [1.29, 1.82) is 0 Å². The van der Waals surface area contributed by atoms with Gasteiger partial charge >= 0.3 is 0 Å². The molecule has 4 rings (SSSR count). The lowest BCUT2D eigenvalue weighted by molar-refractivity contribution is 0.282. The van der Waals surface area contributed by atoms with E-state index in [0.29, 0.717) is 22.7 Å². The van der Waals surface area contributed by atoms with Crippen molar-refractivity contribution in [1.82, 2.24) is 9.97 Å². The maximum atomic E-state index is 12.2. The number of hydrogen-bond acceptors (Lipinski definition) is 6. The van der Waals surface area contributed by atoms with Gasteiger partial charge in [-0.05, 0) is 41.8 Å². The van der Waals surface area contributed by atoms with Crippen molar-refractivity contribution in [2.45, 2.75) is 17.9 Å². The molecular weight excluding hydrogens is 326 g/mol.